The Balaban J connectivity index is 1.62. The molecule has 5 aromatic rings. The molecule has 0 atom stereocenters. The first kappa shape index (κ1) is 20.6. The predicted octanol–water partition coefficient (Wildman–Crippen LogP) is 5.33. The molecule has 0 radical (unpaired) electrons. The summed E-state index contributed by atoms with van der Waals surface area (Å²) in [5, 5.41) is 4.95. The van der Waals surface area contributed by atoms with Crippen LogP contribution >= 0.6 is 0 Å². The van der Waals surface area contributed by atoms with Gasteiger partial charge in [-0.15, -0.1) is 0 Å². The van der Waals surface area contributed by atoms with E-state index in [9.17, 15) is 4.79 Å². The summed E-state index contributed by atoms with van der Waals surface area (Å²) in [5.74, 6) is 1.16. The van der Waals surface area contributed by atoms with E-state index >= 15 is 0 Å². The molecule has 2 heterocycles. The Kier molecular flexibility index (Phi) is 5.40. The zero-order valence-corrected chi connectivity index (χ0v) is 18.4. The van der Waals surface area contributed by atoms with Crippen LogP contribution < -0.4 is 14.8 Å². The molecule has 0 unspecified atom stereocenters. The van der Waals surface area contributed by atoms with Crippen molar-refractivity contribution < 1.29 is 14.3 Å². The van der Waals surface area contributed by atoms with Crippen molar-refractivity contribution in [2.24, 2.45) is 0 Å². The third-order valence-corrected chi connectivity index (χ3v) is 5.72. The molecule has 33 heavy (non-hydrogen) atoms. The number of carbonyl (C=O) groups excluding carboxylic acids is 1. The van der Waals surface area contributed by atoms with E-state index < -0.39 is 0 Å². The molecule has 6 nitrogen and oxygen atoms in total. The van der Waals surface area contributed by atoms with Crippen molar-refractivity contribution in [3.05, 3.63) is 90.1 Å². The number of nitrogens with one attached hydrogen (secondary N) is 2. The van der Waals surface area contributed by atoms with Crippen molar-refractivity contribution in [3.63, 3.8) is 0 Å². The summed E-state index contributed by atoms with van der Waals surface area (Å²) >= 11 is 0. The summed E-state index contributed by atoms with van der Waals surface area (Å²) in [6.45, 7) is 0.334. The number of hydrogen-bond acceptors (Lipinski definition) is 4. The molecule has 6 heteroatoms. The lowest BCUT2D eigenvalue weighted by Crippen LogP contribution is -2.24. The first-order chi connectivity index (χ1) is 16.2. The number of benzene rings is 3. The fraction of sp³-hybridized carbons (Fsp3) is 0.111. The van der Waals surface area contributed by atoms with Gasteiger partial charge >= 0.3 is 0 Å². The first-order valence-electron chi connectivity index (χ1n) is 10.6. The largest absolute Gasteiger partial charge is 0.496 e. The van der Waals surface area contributed by atoms with Gasteiger partial charge in [-0.25, -0.2) is 4.98 Å². The van der Waals surface area contributed by atoms with Crippen molar-refractivity contribution in [3.8, 4) is 22.8 Å². The minimum absolute atomic E-state index is 0.260. The molecule has 0 aliphatic carbocycles. The number of nitrogens with zero attached hydrogens (tertiary/aromatic N) is 1. The summed E-state index contributed by atoms with van der Waals surface area (Å²) in [7, 11) is 3.25. The normalized spacial score (nSPS) is 11.0. The average Bonchev–Trinajstić information content (AvgIpc) is 3.25. The fourth-order valence-electron chi connectivity index (χ4n) is 4.11. The van der Waals surface area contributed by atoms with Gasteiger partial charge in [-0.2, -0.15) is 0 Å². The maximum atomic E-state index is 13.2. The maximum Gasteiger partial charge on any atom is 0.270 e. The number of aromatic nitrogens is 2. The number of carbonyl (C=O) groups is 1. The minimum atomic E-state index is -0.260. The van der Waals surface area contributed by atoms with E-state index in [1.54, 1.807) is 14.2 Å². The van der Waals surface area contributed by atoms with E-state index in [1.165, 1.54) is 0 Å². The lowest BCUT2D eigenvalue weighted by atomic mass is 10.1. The number of H-pyrrole nitrogens is 1. The minimum Gasteiger partial charge on any atom is -0.496 e. The Labute approximate surface area is 191 Å². The van der Waals surface area contributed by atoms with E-state index in [4.69, 9.17) is 14.5 Å². The standard InChI is InChI=1S/C27H23N3O3/c1-32-23-13-7-3-9-17(23)16-28-27(31)22-15-20-18-10-4-6-12-21(18)29-26(20)25(30-22)19-11-5-8-14-24(19)33-2/h3-15,29H,16H2,1-2H3,(H,28,31). The second-order valence-corrected chi connectivity index (χ2v) is 7.64. The van der Waals surface area contributed by atoms with Gasteiger partial charge in [0.05, 0.1) is 25.4 Å². The number of para-hydroxylation sites is 3. The maximum absolute atomic E-state index is 13.2. The van der Waals surface area contributed by atoms with Crippen LogP contribution in [0.4, 0.5) is 0 Å². The van der Waals surface area contributed by atoms with Crippen LogP contribution in [0, 0.1) is 0 Å². The highest BCUT2D eigenvalue weighted by atomic mass is 16.5. The van der Waals surface area contributed by atoms with Crippen LogP contribution in [0.5, 0.6) is 11.5 Å². The summed E-state index contributed by atoms with van der Waals surface area (Å²) in [6.07, 6.45) is 0. The van der Waals surface area contributed by atoms with Crippen LogP contribution in [-0.2, 0) is 6.54 Å². The van der Waals surface area contributed by atoms with Crippen LogP contribution in [0.3, 0.4) is 0 Å². The van der Waals surface area contributed by atoms with Crippen LogP contribution in [0.15, 0.2) is 78.9 Å². The summed E-state index contributed by atoms with van der Waals surface area (Å²) in [5.41, 5.74) is 4.56. The third-order valence-electron chi connectivity index (χ3n) is 5.72. The Hall–Kier alpha value is -4.32. The van der Waals surface area contributed by atoms with Crippen molar-refractivity contribution in [2.75, 3.05) is 14.2 Å². The van der Waals surface area contributed by atoms with Gasteiger partial charge in [-0.05, 0) is 30.3 Å². The Morgan fingerprint density at radius 1 is 0.879 bits per heavy atom. The molecule has 2 N–H and O–H groups in total. The molecule has 0 saturated heterocycles. The fourth-order valence-corrected chi connectivity index (χ4v) is 4.11. The van der Waals surface area contributed by atoms with Crippen molar-refractivity contribution in [2.45, 2.75) is 6.54 Å². The number of rotatable bonds is 6. The quantitative estimate of drug-likeness (QED) is 0.376. The average molecular weight is 437 g/mol. The molecule has 3 aromatic carbocycles. The number of amides is 1. The molecule has 0 bridgehead atoms. The van der Waals surface area contributed by atoms with Gasteiger partial charge in [0.2, 0.25) is 0 Å². The smallest absolute Gasteiger partial charge is 0.270 e. The van der Waals surface area contributed by atoms with Crippen molar-refractivity contribution >= 4 is 27.7 Å². The summed E-state index contributed by atoms with van der Waals surface area (Å²) in [4.78, 5) is 21.4. The second kappa shape index (κ2) is 8.67. The predicted molar refractivity (Wildman–Crippen MR) is 130 cm³/mol. The zero-order valence-electron chi connectivity index (χ0n) is 18.4. The lowest BCUT2D eigenvalue weighted by Gasteiger charge is -2.12. The van der Waals surface area contributed by atoms with Crippen LogP contribution in [0.1, 0.15) is 16.1 Å². The zero-order chi connectivity index (χ0) is 22.8. The molecule has 0 spiro atoms. The number of methoxy groups -OCH3 is 2. The van der Waals surface area contributed by atoms with E-state index in [0.717, 1.165) is 38.7 Å². The third kappa shape index (κ3) is 3.76. The number of ether oxygens (including phenoxy) is 2. The number of hydrogen-bond donors (Lipinski definition) is 2. The second-order valence-electron chi connectivity index (χ2n) is 7.64. The molecule has 2 aromatic heterocycles. The lowest BCUT2D eigenvalue weighted by molar-refractivity contribution is 0.0946. The molecule has 1 amide bonds. The monoisotopic (exact) mass is 437 g/mol. The van der Waals surface area contributed by atoms with Gasteiger partial charge in [0, 0.05) is 34.0 Å². The molecule has 0 aliphatic rings. The molecule has 164 valence electrons. The Bertz CT molecular complexity index is 1470. The van der Waals surface area contributed by atoms with Gasteiger partial charge in [0.25, 0.3) is 5.91 Å². The summed E-state index contributed by atoms with van der Waals surface area (Å²) < 4.78 is 11.0. The van der Waals surface area contributed by atoms with E-state index in [1.807, 2.05) is 78.9 Å². The molecule has 0 aliphatic heterocycles. The first-order valence-corrected chi connectivity index (χ1v) is 10.6. The number of pyridine rings is 1. The highest BCUT2D eigenvalue weighted by molar-refractivity contribution is 6.13. The number of aromatic amines is 1. The van der Waals surface area contributed by atoms with Crippen molar-refractivity contribution in [1.29, 1.82) is 0 Å². The van der Waals surface area contributed by atoms with Gasteiger partial charge in [-0.1, -0.05) is 48.5 Å². The highest BCUT2D eigenvalue weighted by Gasteiger charge is 2.19. The van der Waals surface area contributed by atoms with Gasteiger partial charge in [0.15, 0.2) is 0 Å². The van der Waals surface area contributed by atoms with Gasteiger partial charge in [-0.3, -0.25) is 4.79 Å². The van der Waals surface area contributed by atoms with Crippen LogP contribution in [0.2, 0.25) is 0 Å². The topological polar surface area (TPSA) is 76.2 Å². The van der Waals surface area contributed by atoms with Gasteiger partial charge in [0.1, 0.15) is 17.2 Å². The van der Waals surface area contributed by atoms with E-state index in [0.29, 0.717) is 23.7 Å². The molecular weight excluding hydrogens is 414 g/mol. The van der Waals surface area contributed by atoms with Crippen LogP contribution in [-0.4, -0.2) is 30.1 Å². The molecular formula is C27H23N3O3. The van der Waals surface area contributed by atoms with Gasteiger partial charge < -0.3 is 19.8 Å². The van der Waals surface area contributed by atoms with Crippen molar-refractivity contribution in [1.82, 2.24) is 15.3 Å². The van der Waals surface area contributed by atoms with E-state index in [-0.39, 0.29) is 5.91 Å². The Morgan fingerprint density at radius 2 is 1.58 bits per heavy atom. The molecule has 5 rings (SSSR count). The highest BCUT2D eigenvalue weighted by Crippen LogP contribution is 2.36. The Morgan fingerprint density at radius 3 is 2.39 bits per heavy atom. The summed E-state index contributed by atoms with van der Waals surface area (Å²) in [6, 6.07) is 25.2. The molecule has 0 saturated carbocycles. The van der Waals surface area contributed by atoms with E-state index in [2.05, 4.69) is 10.3 Å². The number of fused-ring (bicyclic) bond motifs is 3. The van der Waals surface area contributed by atoms with Crippen LogP contribution in [0.25, 0.3) is 33.1 Å². The molecule has 0 fully saturated rings. The SMILES string of the molecule is COc1ccccc1CNC(=O)c1cc2c([nH]c3ccccc32)c(-c2ccccc2OC)n1.